The van der Waals surface area contributed by atoms with Crippen LogP contribution >= 0.6 is 56.9 Å². The highest BCUT2D eigenvalue weighted by Crippen LogP contribution is 2.17. The largest absolute Gasteiger partial charge is 0.476 e. The molecule has 8 aromatic rings. The minimum Gasteiger partial charge on any atom is -0.476 e. The zero-order valence-electron chi connectivity index (χ0n) is 37.7. The molecule has 3 N–H and O–H groups in total. The van der Waals surface area contributed by atoms with E-state index in [4.69, 9.17) is 44.9 Å². The first kappa shape index (κ1) is 75.9. The van der Waals surface area contributed by atoms with Crippen LogP contribution < -0.4 is 4.74 Å². The lowest BCUT2D eigenvalue weighted by molar-refractivity contribution is 0.0680. The van der Waals surface area contributed by atoms with Crippen molar-refractivity contribution < 1.29 is 47.3 Å². The van der Waals surface area contributed by atoms with Crippen molar-refractivity contribution in [3.63, 3.8) is 0 Å². The summed E-state index contributed by atoms with van der Waals surface area (Å²) in [6.45, 7) is 22.5. The van der Waals surface area contributed by atoms with E-state index in [0.717, 1.165) is 72.2 Å². The lowest BCUT2D eigenvalue weighted by atomic mass is 10.4. The van der Waals surface area contributed by atoms with Gasteiger partial charge in [0.05, 0.1) is 62.9 Å². The second kappa shape index (κ2) is 41.2. The standard InChI is InChI=1S/C6H9NO2.C6H9NO.C5H6ClNS.C5H5NO3.C5H5NO2S.C5H7NOS.C5H7NS.C4H5NO.6CH4/c1-4-6(8-3)9-5(2)7-4;1-4-5(2)8-6(3)7-4;1-4-7-5(2-6)3-8-4;2*1-3-6-4(2-9-3)5(7)8;1-4-6-5(2-7)3-8-4;1-4-3-7-5(2)6-4;1-4-2-5-3-6-4;;;;;;/h1-3H3;1-3H3;3H,2H2,1H3;2*2H,1H3,(H,7,8);3,7H,2H2,1H3;3H,1-2H3;2-3H,1H3;6*1H4. The van der Waals surface area contributed by atoms with Crippen molar-refractivity contribution in [1.82, 2.24) is 39.9 Å². The highest BCUT2D eigenvalue weighted by molar-refractivity contribution is 7.10. The Bertz CT molecular complexity index is 2380. The van der Waals surface area contributed by atoms with Crippen molar-refractivity contribution in [2.75, 3.05) is 7.11 Å². The number of aromatic nitrogens is 8. The van der Waals surface area contributed by atoms with Gasteiger partial charge in [-0.15, -0.1) is 56.9 Å². The lowest BCUT2D eigenvalue weighted by Gasteiger charge is -1.89. The van der Waals surface area contributed by atoms with Gasteiger partial charge in [-0.3, -0.25) is 0 Å². The molecule has 0 unspecified atom stereocenters. The molecule has 8 rings (SSSR count). The Hall–Kier alpha value is -5.65. The molecule has 8 aromatic heterocycles. The van der Waals surface area contributed by atoms with E-state index < -0.39 is 11.9 Å². The molecule has 0 bridgehead atoms. The number of aromatic carboxylic acids is 2. The van der Waals surface area contributed by atoms with Crippen LogP contribution in [0, 0.1) is 83.1 Å². The molecule has 23 heteroatoms. The van der Waals surface area contributed by atoms with E-state index in [1.807, 2.05) is 73.1 Å². The number of hydrogen-bond acceptors (Lipinski definition) is 20. The molecule has 0 aromatic carbocycles. The SMILES string of the molecule is C.C.C.C.C.C.COc1oc(C)nc1C.Cc1cnco1.Cc1csc(C)n1.Cc1nc(C(=O)O)co1.Cc1nc(C(=O)O)cs1.Cc1nc(C)c(C)o1.Cc1nc(CCl)cs1.Cc1nc(CO)cs1. The minimum absolute atomic E-state index is 0. The van der Waals surface area contributed by atoms with Crippen LogP contribution in [0.2, 0.25) is 0 Å². The molecular formula is C47H77ClN8O10S4. The van der Waals surface area contributed by atoms with Crippen molar-refractivity contribution in [2.45, 2.75) is 140 Å². The predicted octanol–water partition coefficient (Wildman–Crippen LogP) is 14.4. The molecule has 0 fully saturated rings. The van der Waals surface area contributed by atoms with Gasteiger partial charge in [-0.25, -0.2) is 49.5 Å². The van der Waals surface area contributed by atoms with Gasteiger partial charge in [-0.2, -0.15) is 0 Å². The van der Waals surface area contributed by atoms with Gasteiger partial charge in [-0.05, 0) is 62.3 Å². The van der Waals surface area contributed by atoms with Crippen LogP contribution in [-0.2, 0) is 12.5 Å². The highest BCUT2D eigenvalue weighted by Gasteiger charge is 2.07. The molecule has 70 heavy (non-hydrogen) atoms. The summed E-state index contributed by atoms with van der Waals surface area (Å²) < 4.78 is 24.3. The Morgan fingerprint density at radius 2 is 1.07 bits per heavy atom. The van der Waals surface area contributed by atoms with Gasteiger partial charge in [-0.1, -0.05) is 44.6 Å². The maximum absolute atomic E-state index is 10.2. The number of aliphatic hydroxyl groups excluding tert-OH is 1. The number of alkyl halides is 1. The number of carbonyl (C=O) groups is 2. The summed E-state index contributed by atoms with van der Waals surface area (Å²) in [4.78, 5) is 51.5. The fourth-order valence-corrected chi connectivity index (χ4v) is 6.58. The van der Waals surface area contributed by atoms with Gasteiger partial charge in [0, 0.05) is 48.0 Å². The number of rotatable bonds is 5. The number of aryl methyl sites for hydroxylation is 12. The molecule has 8 heterocycles. The molecule has 0 spiro atoms. The Kier molecular flexibility index (Phi) is 44.6. The number of carboxylic acid groups (broad SMARTS) is 2. The van der Waals surface area contributed by atoms with Crippen LogP contribution in [0.25, 0.3) is 0 Å². The molecule has 0 saturated carbocycles. The number of oxazole rings is 4. The molecule has 18 nitrogen and oxygen atoms in total. The topological polar surface area (TPSA) is 260 Å². The van der Waals surface area contributed by atoms with Crippen LogP contribution in [-0.4, -0.2) is 74.2 Å². The summed E-state index contributed by atoms with van der Waals surface area (Å²) in [7, 11) is 1.56. The number of nitrogens with zero attached hydrogens (tertiary/aromatic N) is 8. The van der Waals surface area contributed by atoms with Crippen LogP contribution in [0.3, 0.4) is 0 Å². The number of aliphatic hydroxyl groups is 1. The predicted molar refractivity (Wildman–Crippen MR) is 288 cm³/mol. The van der Waals surface area contributed by atoms with E-state index in [1.165, 1.54) is 23.1 Å². The van der Waals surface area contributed by atoms with E-state index in [1.54, 1.807) is 68.1 Å². The molecule has 0 atom stereocenters. The Balaban J connectivity index is -0.000000166. The summed E-state index contributed by atoms with van der Waals surface area (Å²) in [6.07, 6.45) is 4.19. The van der Waals surface area contributed by atoms with Crippen LogP contribution in [0.4, 0.5) is 0 Å². The summed E-state index contributed by atoms with van der Waals surface area (Å²) >= 11 is 11.7. The van der Waals surface area contributed by atoms with E-state index in [-0.39, 0.29) is 62.6 Å². The maximum Gasteiger partial charge on any atom is 0.357 e. The van der Waals surface area contributed by atoms with Gasteiger partial charge < -0.3 is 37.7 Å². The molecule has 0 amide bonds. The average Bonchev–Trinajstić information content (AvgIpc) is 4.11. The molecule has 0 aliphatic carbocycles. The Morgan fingerprint density at radius 1 is 0.586 bits per heavy atom. The second-order valence-electron chi connectivity index (χ2n) is 12.4. The first-order valence-corrected chi connectivity index (χ1v) is 22.6. The van der Waals surface area contributed by atoms with Crippen molar-refractivity contribution in [3.05, 3.63) is 129 Å². The first-order valence-electron chi connectivity index (χ1n) is 18.6. The molecule has 0 radical (unpaired) electrons. The molecular weight excluding hydrogens is 1000 g/mol. The monoisotopic (exact) mass is 1080 g/mol. The third-order valence-electron chi connectivity index (χ3n) is 6.78. The zero-order chi connectivity index (χ0) is 48.4. The first-order chi connectivity index (χ1) is 30.2. The Morgan fingerprint density at radius 3 is 1.24 bits per heavy atom. The van der Waals surface area contributed by atoms with Gasteiger partial charge >= 0.3 is 17.9 Å². The van der Waals surface area contributed by atoms with Crippen LogP contribution in [0.1, 0.15) is 143 Å². The van der Waals surface area contributed by atoms with E-state index in [9.17, 15) is 9.59 Å². The normalized spacial score (nSPS) is 8.73. The summed E-state index contributed by atoms with van der Waals surface area (Å²) in [5, 5.41) is 36.5. The van der Waals surface area contributed by atoms with Gasteiger partial charge in [0.25, 0.3) is 0 Å². The third-order valence-corrected chi connectivity index (χ3v) is 10.4. The van der Waals surface area contributed by atoms with E-state index in [2.05, 4.69) is 49.7 Å². The molecule has 0 aliphatic rings. The maximum atomic E-state index is 10.2. The Labute approximate surface area is 436 Å². The molecule has 0 aliphatic heterocycles. The number of halogens is 1. The summed E-state index contributed by atoms with van der Waals surface area (Å²) in [6, 6.07) is 0. The fraction of sp³-hybridized carbons (Fsp3) is 0.447. The van der Waals surface area contributed by atoms with Gasteiger partial charge in [0.1, 0.15) is 23.5 Å². The lowest BCUT2D eigenvalue weighted by Crippen LogP contribution is -1.95. The number of ether oxygens (including phenoxy) is 1. The number of methoxy groups -OCH3 is 1. The third kappa shape index (κ3) is 33.0. The van der Waals surface area contributed by atoms with E-state index in [0.29, 0.717) is 23.6 Å². The summed E-state index contributed by atoms with van der Waals surface area (Å²) in [5.41, 5.74) is 4.76. The molecule has 396 valence electrons. The zero-order valence-corrected chi connectivity index (χ0v) is 41.8. The number of thiazole rings is 4. The number of hydrogen-bond donors (Lipinski definition) is 3. The summed E-state index contributed by atoms with van der Waals surface area (Å²) in [5.74, 6) is 2.55. The molecule has 0 saturated heterocycles. The highest BCUT2D eigenvalue weighted by atomic mass is 35.5. The van der Waals surface area contributed by atoms with Crippen molar-refractivity contribution in [2.24, 2.45) is 0 Å². The average molecular weight is 1080 g/mol. The van der Waals surface area contributed by atoms with Crippen molar-refractivity contribution >= 4 is 68.9 Å². The quantitative estimate of drug-likeness (QED) is 0.135. The van der Waals surface area contributed by atoms with Gasteiger partial charge in [0.2, 0.25) is 0 Å². The smallest absolute Gasteiger partial charge is 0.357 e. The number of carboxylic acids is 2. The van der Waals surface area contributed by atoms with Crippen molar-refractivity contribution in [3.8, 4) is 5.95 Å². The fourth-order valence-electron chi connectivity index (χ4n) is 3.96. The van der Waals surface area contributed by atoms with E-state index >= 15 is 0 Å². The second-order valence-corrected chi connectivity index (χ2v) is 16.9. The van der Waals surface area contributed by atoms with Gasteiger partial charge in [0.15, 0.2) is 35.5 Å². The van der Waals surface area contributed by atoms with Crippen molar-refractivity contribution in [1.29, 1.82) is 0 Å². The van der Waals surface area contributed by atoms with Crippen LogP contribution in [0.5, 0.6) is 5.95 Å². The minimum atomic E-state index is -1.06. The van der Waals surface area contributed by atoms with Crippen LogP contribution in [0.15, 0.2) is 58.0 Å².